The Morgan fingerprint density at radius 3 is 2.82 bits per heavy atom. The number of aromatic nitrogens is 2. The molecule has 2 rings (SSSR count). The van der Waals surface area contributed by atoms with E-state index < -0.39 is 5.82 Å². The highest BCUT2D eigenvalue weighted by molar-refractivity contribution is 6.30. The lowest BCUT2D eigenvalue weighted by Crippen LogP contribution is -1.95. The summed E-state index contributed by atoms with van der Waals surface area (Å²) in [6.07, 6.45) is 0.949. The Hall–Kier alpha value is -1.39. The molecule has 0 radical (unpaired) electrons. The molecule has 17 heavy (non-hydrogen) atoms. The predicted octanol–water partition coefficient (Wildman–Crippen LogP) is 4.02. The zero-order valence-corrected chi connectivity index (χ0v) is 10.3. The van der Waals surface area contributed by atoms with Gasteiger partial charge in [-0.05, 0) is 36.2 Å². The fourth-order valence-electron chi connectivity index (χ4n) is 1.19. The van der Waals surface area contributed by atoms with Gasteiger partial charge in [0.25, 0.3) is 5.88 Å². The predicted molar refractivity (Wildman–Crippen MR) is 63.3 cm³/mol. The number of hydrogen-bond acceptors (Lipinski definition) is 3. The summed E-state index contributed by atoms with van der Waals surface area (Å²) in [6, 6.07) is 5.05. The zero-order chi connectivity index (χ0) is 12.4. The monoisotopic (exact) mass is 272 g/mol. The van der Waals surface area contributed by atoms with Crippen LogP contribution in [0.4, 0.5) is 4.39 Å². The van der Waals surface area contributed by atoms with Crippen LogP contribution in [0, 0.1) is 12.7 Å². The molecule has 2 aromatic rings. The van der Waals surface area contributed by atoms with Crippen molar-refractivity contribution in [1.29, 1.82) is 0 Å². The van der Waals surface area contributed by atoms with E-state index >= 15 is 0 Å². The van der Waals surface area contributed by atoms with Gasteiger partial charge in [-0.25, -0.2) is 4.98 Å². The highest BCUT2D eigenvalue weighted by atomic mass is 35.5. The van der Waals surface area contributed by atoms with E-state index in [1.165, 1.54) is 0 Å². The average molecular weight is 273 g/mol. The molecule has 0 aliphatic carbocycles. The van der Waals surface area contributed by atoms with Crippen molar-refractivity contribution in [3.63, 3.8) is 0 Å². The van der Waals surface area contributed by atoms with Crippen molar-refractivity contribution in [1.82, 2.24) is 9.97 Å². The van der Waals surface area contributed by atoms with Crippen LogP contribution in [0.3, 0.4) is 0 Å². The highest BCUT2D eigenvalue weighted by Crippen LogP contribution is 2.28. The van der Waals surface area contributed by atoms with E-state index in [0.29, 0.717) is 10.8 Å². The van der Waals surface area contributed by atoms with Crippen molar-refractivity contribution in [2.24, 2.45) is 0 Å². The normalized spacial score (nSPS) is 10.4. The van der Waals surface area contributed by atoms with Gasteiger partial charge in [0.2, 0.25) is 11.1 Å². The van der Waals surface area contributed by atoms with Gasteiger partial charge in [-0.3, -0.25) is 0 Å². The molecular formula is C11H7Cl2FN2O. The number of rotatable bonds is 2. The molecular weight excluding hydrogens is 266 g/mol. The van der Waals surface area contributed by atoms with Crippen molar-refractivity contribution in [2.75, 3.05) is 0 Å². The summed E-state index contributed by atoms with van der Waals surface area (Å²) < 4.78 is 18.7. The summed E-state index contributed by atoms with van der Waals surface area (Å²) in [7, 11) is 0. The summed E-state index contributed by atoms with van der Waals surface area (Å²) in [6.45, 7) is 1.81. The topological polar surface area (TPSA) is 35.0 Å². The molecule has 0 atom stereocenters. The maximum atomic E-state index is 13.3. The van der Waals surface area contributed by atoms with Crippen molar-refractivity contribution in [2.45, 2.75) is 6.92 Å². The van der Waals surface area contributed by atoms with Crippen molar-refractivity contribution < 1.29 is 9.13 Å². The summed E-state index contributed by atoms with van der Waals surface area (Å²) in [5.74, 6) is -0.490. The standard InChI is InChI=1S/C11H7Cl2FN2O/c1-6-2-3-7(12)4-9(6)17-10-8(14)5-15-11(13)16-10/h2-5H,1H3. The van der Waals surface area contributed by atoms with Crippen LogP contribution in [0.5, 0.6) is 11.6 Å². The second-order valence-corrected chi connectivity index (χ2v) is 4.08. The first-order chi connectivity index (χ1) is 8.06. The number of halogens is 3. The van der Waals surface area contributed by atoms with Crippen LogP contribution in [-0.4, -0.2) is 9.97 Å². The first kappa shape index (κ1) is 12.1. The van der Waals surface area contributed by atoms with E-state index in [1.54, 1.807) is 18.2 Å². The van der Waals surface area contributed by atoms with Gasteiger partial charge in [-0.15, -0.1) is 0 Å². The van der Waals surface area contributed by atoms with Crippen LogP contribution in [0.2, 0.25) is 10.3 Å². The molecule has 0 bridgehead atoms. The molecule has 0 spiro atoms. The Labute approximate surface area is 107 Å². The molecule has 3 nitrogen and oxygen atoms in total. The third kappa shape index (κ3) is 2.84. The Morgan fingerprint density at radius 1 is 1.29 bits per heavy atom. The number of nitrogens with zero attached hydrogens (tertiary/aromatic N) is 2. The third-order valence-electron chi connectivity index (χ3n) is 2.04. The minimum atomic E-state index is -0.686. The van der Waals surface area contributed by atoms with E-state index in [2.05, 4.69) is 9.97 Å². The number of aryl methyl sites for hydroxylation is 1. The second-order valence-electron chi connectivity index (χ2n) is 3.30. The van der Waals surface area contributed by atoms with Gasteiger partial charge in [0.15, 0.2) is 0 Å². The fraction of sp³-hybridized carbons (Fsp3) is 0.0909. The minimum Gasteiger partial charge on any atom is -0.436 e. The molecule has 0 aliphatic heterocycles. The Morgan fingerprint density at radius 2 is 2.06 bits per heavy atom. The van der Waals surface area contributed by atoms with E-state index in [-0.39, 0.29) is 11.2 Å². The van der Waals surface area contributed by atoms with Crippen LogP contribution < -0.4 is 4.74 Å². The van der Waals surface area contributed by atoms with Crippen LogP contribution in [-0.2, 0) is 0 Å². The molecule has 6 heteroatoms. The van der Waals surface area contributed by atoms with E-state index in [4.69, 9.17) is 27.9 Å². The largest absolute Gasteiger partial charge is 0.436 e. The van der Waals surface area contributed by atoms with Gasteiger partial charge in [0, 0.05) is 5.02 Å². The first-order valence-electron chi connectivity index (χ1n) is 4.68. The Kier molecular flexibility index (Phi) is 3.45. The Balaban J connectivity index is 2.37. The van der Waals surface area contributed by atoms with Crippen molar-refractivity contribution in [3.05, 3.63) is 46.1 Å². The van der Waals surface area contributed by atoms with E-state index in [1.807, 2.05) is 6.92 Å². The van der Waals surface area contributed by atoms with Crippen LogP contribution in [0.25, 0.3) is 0 Å². The fourth-order valence-corrected chi connectivity index (χ4v) is 1.48. The smallest absolute Gasteiger partial charge is 0.260 e. The molecule has 1 aromatic carbocycles. The second kappa shape index (κ2) is 4.85. The van der Waals surface area contributed by atoms with E-state index in [0.717, 1.165) is 11.8 Å². The number of benzene rings is 1. The maximum absolute atomic E-state index is 13.3. The number of ether oxygens (including phenoxy) is 1. The van der Waals surface area contributed by atoms with Crippen LogP contribution in [0.1, 0.15) is 5.56 Å². The maximum Gasteiger partial charge on any atom is 0.260 e. The van der Waals surface area contributed by atoms with Crippen molar-refractivity contribution in [3.8, 4) is 11.6 Å². The quantitative estimate of drug-likeness (QED) is 0.775. The van der Waals surface area contributed by atoms with E-state index in [9.17, 15) is 4.39 Å². The summed E-state index contributed by atoms with van der Waals surface area (Å²) in [5, 5.41) is 0.409. The molecule has 0 amide bonds. The molecule has 0 N–H and O–H groups in total. The van der Waals surface area contributed by atoms with Gasteiger partial charge in [0.05, 0.1) is 6.20 Å². The molecule has 0 saturated heterocycles. The molecule has 88 valence electrons. The highest BCUT2D eigenvalue weighted by Gasteiger charge is 2.10. The van der Waals surface area contributed by atoms with Crippen LogP contribution >= 0.6 is 23.2 Å². The van der Waals surface area contributed by atoms with Crippen LogP contribution in [0.15, 0.2) is 24.4 Å². The molecule has 0 saturated carbocycles. The zero-order valence-electron chi connectivity index (χ0n) is 8.75. The molecule has 0 fully saturated rings. The molecule has 0 aliphatic rings. The van der Waals surface area contributed by atoms with Gasteiger partial charge < -0.3 is 4.74 Å². The SMILES string of the molecule is Cc1ccc(Cl)cc1Oc1nc(Cl)ncc1F. The average Bonchev–Trinajstić information content (AvgIpc) is 2.28. The summed E-state index contributed by atoms with van der Waals surface area (Å²) >= 11 is 11.4. The van der Waals surface area contributed by atoms with Crippen molar-refractivity contribution >= 4 is 23.2 Å². The number of hydrogen-bond donors (Lipinski definition) is 0. The molecule has 1 aromatic heterocycles. The summed E-state index contributed by atoms with van der Waals surface area (Å²) in [5.41, 5.74) is 0.809. The summed E-state index contributed by atoms with van der Waals surface area (Å²) in [4.78, 5) is 7.15. The van der Waals surface area contributed by atoms with Gasteiger partial charge in [0.1, 0.15) is 5.75 Å². The minimum absolute atomic E-state index is 0.0823. The third-order valence-corrected chi connectivity index (χ3v) is 2.46. The lowest BCUT2D eigenvalue weighted by Gasteiger charge is -2.08. The first-order valence-corrected chi connectivity index (χ1v) is 5.44. The molecule has 1 heterocycles. The Bertz CT molecular complexity index is 514. The lowest BCUT2D eigenvalue weighted by molar-refractivity contribution is 0.417. The lowest BCUT2D eigenvalue weighted by atomic mass is 10.2. The molecule has 0 unspecified atom stereocenters. The van der Waals surface area contributed by atoms with Gasteiger partial charge in [-0.1, -0.05) is 17.7 Å². The van der Waals surface area contributed by atoms with Gasteiger partial charge >= 0.3 is 0 Å². The van der Waals surface area contributed by atoms with Gasteiger partial charge in [-0.2, -0.15) is 9.37 Å².